The molecule has 0 saturated heterocycles. The van der Waals surface area contributed by atoms with Crippen LogP contribution >= 0.6 is 0 Å². The van der Waals surface area contributed by atoms with E-state index in [-0.39, 0.29) is 0 Å². The third kappa shape index (κ3) is 5.04. The Labute approximate surface area is 104 Å². The number of aromatic nitrogens is 1. The summed E-state index contributed by atoms with van der Waals surface area (Å²) in [6, 6.07) is 3.86. The first-order valence-electron chi connectivity index (χ1n) is 6.26. The van der Waals surface area contributed by atoms with Gasteiger partial charge in [-0.25, -0.2) is 4.98 Å². The molecule has 1 rings (SSSR count). The van der Waals surface area contributed by atoms with Crippen molar-refractivity contribution in [1.82, 2.24) is 9.88 Å². The number of anilines is 1. The van der Waals surface area contributed by atoms with E-state index in [2.05, 4.69) is 29.0 Å². The molecule has 0 atom stereocenters. The molecule has 17 heavy (non-hydrogen) atoms. The SMILES string of the molecule is CCCN(CC)CCNc1ccc(OC)cn1. The van der Waals surface area contributed by atoms with E-state index in [9.17, 15) is 0 Å². The van der Waals surface area contributed by atoms with Crippen LogP contribution in [-0.2, 0) is 0 Å². The third-order valence-electron chi connectivity index (χ3n) is 2.69. The molecule has 1 heterocycles. The zero-order valence-corrected chi connectivity index (χ0v) is 11.1. The number of nitrogens with zero attached hydrogens (tertiary/aromatic N) is 2. The third-order valence-corrected chi connectivity index (χ3v) is 2.69. The van der Waals surface area contributed by atoms with Crippen molar-refractivity contribution in [2.45, 2.75) is 20.3 Å². The summed E-state index contributed by atoms with van der Waals surface area (Å²) in [6.07, 6.45) is 2.93. The molecule has 0 saturated carbocycles. The van der Waals surface area contributed by atoms with Crippen molar-refractivity contribution < 1.29 is 4.74 Å². The largest absolute Gasteiger partial charge is 0.495 e. The molecule has 1 aromatic rings. The molecule has 0 amide bonds. The fourth-order valence-corrected chi connectivity index (χ4v) is 1.69. The van der Waals surface area contributed by atoms with Crippen molar-refractivity contribution in [2.24, 2.45) is 0 Å². The summed E-state index contributed by atoms with van der Waals surface area (Å²) >= 11 is 0. The second-order valence-electron chi connectivity index (χ2n) is 3.94. The number of methoxy groups -OCH3 is 1. The Hall–Kier alpha value is -1.29. The smallest absolute Gasteiger partial charge is 0.137 e. The van der Waals surface area contributed by atoms with Crippen LogP contribution in [-0.4, -0.2) is 43.2 Å². The fraction of sp³-hybridized carbons (Fsp3) is 0.615. The number of pyridine rings is 1. The highest BCUT2D eigenvalue weighted by Crippen LogP contribution is 2.10. The fourth-order valence-electron chi connectivity index (χ4n) is 1.69. The van der Waals surface area contributed by atoms with E-state index in [1.165, 1.54) is 6.42 Å². The van der Waals surface area contributed by atoms with Crippen LogP contribution in [0, 0.1) is 0 Å². The standard InChI is InChI=1S/C13H23N3O/c1-4-9-16(5-2)10-8-14-13-7-6-12(17-3)11-15-13/h6-7,11H,4-5,8-10H2,1-3H3,(H,14,15). The van der Waals surface area contributed by atoms with Gasteiger partial charge in [0.25, 0.3) is 0 Å². The van der Waals surface area contributed by atoms with Crippen LogP contribution in [0.1, 0.15) is 20.3 Å². The number of ether oxygens (including phenoxy) is 1. The van der Waals surface area contributed by atoms with Crippen molar-refractivity contribution in [3.63, 3.8) is 0 Å². The van der Waals surface area contributed by atoms with Gasteiger partial charge < -0.3 is 15.0 Å². The highest BCUT2D eigenvalue weighted by atomic mass is 16.5. The summed E-state index contributed by atoms with van der Waals surface area (Å²) in [6.45, 7) is 8.65. The van der Waals surface area contributed by atoms with Gasteiger partial charge in [-0.15, -0.1) is 0 Å². The average Bonchev–Trinajstić information content (AvgIpc) is 2.38. The number of likely N-dealkylation sites (N-methyl/N-ethyl adjacent to an activating group) is 1. The summed E-state index contributed by atoms with van der Waals surface area (Å²) in [5, 5.41) is 3.31. The average molecular weight is 237 g/mol. The van der Waals surface area contributed by atoms with Crippen LogP contribution in [0.25, 0.3) is 0 Å². The van der Waals surface area contributed by atoms with Crippen molar-refractivity contribution in [1.29, 1.82) is 0 Å². The van der Waals surface area contributed by atoms with E-state index in [1.807, 2.05) is 12.1 Å². The normalized spacial score (nSPS) is 10.6. The Morgan fingerprint density at radius 2 is 2.12 bits per heavy atom. The lowest BCUT2D eigenvalue weighted by molar-refractivity contribution is 0.300. The van der Waals surface area contributed by atoms with Crippen molar-refractivity contribution in [3.05, 3.63) is 18.3 Å². The van der Waals surface area contributed by atoms with Crippen molar-refractivity contribution >= 4 is 5.82 Å². The van der Waals surface area contributed by atoms with Gasteiger partial charge in [-0.3, -0.25) is 0 Å². The van der Waals surface area contributed by atoms with E-state index >= 15 is 0 Å². The first kappa shape index (κ1) is 13.8. The Bertz CT molecular complexity index is 300. The van der Waals surface area contributed by atoms with E-state index in [4.69, 9.17) is 4.74 Å². The van der Waals surface area contributed by atoms with Gasteiger partial charge in [-0.2, -0.15) is 0 Å². The molecule has 4 nitrogen and oxygen atoms in total. The molecule has 1 N–H and O–H groups in total. The highest BCUT2D eigenvalue weighted by Gasteiger charge is 2.00. The first-order chi connectivity index (χ1) is 8.30. The van der Waals surface area contributed by atoms with Crippen LogP contribution in [0.3, 0.4) is 0 Å². The molecule has 0 spiro atoms. The predicted molar refractivity (Wildman–Crippen MR) is 71.7 cm³/mol. The second kappa shape index (κ2) is 7.90. The molecule has 0 bridgehead atoms. The monoisotopic (exact) mass is 237 g/mol. The lowest BCUT2D eigenvalue weighted by atomic mass is 10.4. The van der Waals surface area contributed by atoms with Crippen molar-refractivity contribution in [2.75, 3.05) is 38.6 Å². The van der Waals surface area contributed by atoms with Crippen LogP contribution < -0.4 is 10.1 Å². The lowest BCUT2D eigenvalue weighted by Crippen LogP contribution is -2.29. The summed E-state index contributed by atoms with van der Waals surface area (Å²) in [5.41, 5.74) is 0. The van der Waals surface area contributed by atoms with E-state index in [0.717, 1.165) is 37.7 Å². The predicted octanol–water partition coefficient (Wildman–Crippen LogP) is 2.23. The highest BCUT2D eigenvalue weighted by molar-refractivity contribution is 5.37. The molecule has 0 radical (unpaired) electrons. The quantitative estimate of drug-likeness (QED) is 0.752. The summed E-state index contributed by atoms with van der Waals surface area (Å²) in [5.74, 6) is 1.69. The molecule has 0 fully saturated rings. The van der Waals surface area contributed by atoms with Crippen LogP contribution in [0.5, 0.6) is 5.75 Å². The van der Waals surface area contributed by atoms with Gasteiger partial charge in [0.2, 0.25) is 0 Å². The molecule has 0 aliphatic carbocycles. The van der Waals surface area contributed by atoms with Gasteiger partial charge in [0.15, 0.2) is 0 Å². The van der Waals surface area contributed by atoms with Crippen LogP contribution in [0.4, 0.5) is 5.82 Å². The zero-order valence-electron chi connectivity index (χ0n) is 11.1. The second-order valence-corrected chi connectivity index (χ2v) is 3.94. The van der Waals surface area contributed by atoms with E-state index in [1.54, 1.807) is 13.3 Å². The maximum Gasteiger partial charge on any atom is 0.137 e. The van der Waals surface area contributed by atoms with Crippen LogP contribution in [0.2, 0.25) is 0 Å². The van der Waals surface area contributed by atoms with Gasteiger partial charge in [-0.1, -0.05) is 13.8 Å². The topological polar surface area (TPSA) is 37.4 Å². The number of hydrogen-bond donors (Lipinski definition) is 1. The summed E-state index contributed by atoms with van der Waals surface area (Å²) in [7, 11) is 1.65. The van der Waals surface area contributed by atoms with E-state index in [0.29, 0.717) is 0 Å². The molecule has 96 valence electrons. The Morgan fingerprint density at radius 1 is 1.29 bits per heavy atom. The Balaban J connectivity index is 2.29. The van der Waals surface area contributed by atoms with Gasteiger partial charge in [0, 0.05) is 13.1 Å². The van der Waals surface area contributed by atoms with Gasteiger partial charge >= 0.3 is 0 Å². The van der Waals surface area contributed by atoms with Gasteiger partial charge in [0.05, 0.1) is 13.3 Å². The number of nitrogens with one attached hydrogen (secondary N) is 1. The molecule has 4 heteroatoms. The minimum absolute atomic E-state index is 0.789. The molecule has 0 unspecified atom stereocenters. The minimum Gasteiger partial charge on any atom is -0.495 e. The summed E-state index contributed by atoms with van der Waals surface area (Å²) < 4.78 is 5.06. The first-order valence-corrected chi connectivity index (χ1v) is 6.26. The van der Waals surface area contributed by atoms with E-state index < -0.39 is 0 Å². The molecular formula is C13H23N3O. The maximum atomic E-state index is 5.06. The summed E-state index contributed by atoms with van der Waals surface area (Å²) in [4.78, 5) is 6.69. The molecule has 0 aliphatic heterocycles. The molecular weight excluding hydrogens is 214 g/mol. The molecule has 1 aromatic heterocycles. The maximum absolute atomic E-state index is 5.06. The Kier molecular flexibility index (Phi) is 6.40. The lowest BCUT2D eigenvalue weighted by Gasteiger charge is -2.19. The van der Waals surface area contributed by atoms with Gasteiger partial charge in [0.1, 0.15) is 11.6 Å². The molecule has 0 aromatic carbocycles. The number of hydrogen-bond acceptors (Lipinski definition) is 4. The van der Waals surface area contributed by atoms with Gasteiger partial charge in [-0.05, 0) is 31.6 Å². The minimum atomic E-state index is 0.789. The van der Waals surface area contributed by atoms with Crippen molar-refractivity contribution in [3.8, 4) is 5.75 Å². The van der Waals surface area contributed by atoms with Crippen LogP contribution in [0.15, 0.2) is 18.3 Å². The Morgan fingerprint density at radius 3 is 2.65 bits per heavy atom. The number of rotatable bonds is 8. The molecule has 0 aliphatic rings. The zero-order chi connectivity index (χ0) is 12.5.